The van der Waals surface area contributed by atoms with Crippen LogP contribution >= 0.6 is 0 Å². The third-order valence-electron chi connectivity index (χ3n) is 5.25. The zero-order valence-electron chi connectivity index (χ0n) is 14.0. The number of para-hydroxylation sites is 1. The normalized spacial score (nSPS) is 28.1. The number of guanidine groups is 1. The highest BCUT2D eigenvalue weighted by Gasteiger charge is 2.41. The number of fused-ring (bicyclic) bond motifs is 3. The molecule has 6 nitrogen and oxygen atoms in total. The fourth-order valence-electron chi connectivity index (χ4n) is 4.01. The molecule has 3 aliphatic heterocycles. The van der Waals surface area contributed by atoms with E-state index >= 15 is 0 Å². The van der Waals surface area contributed by atoms with Gasteiger partial charge < -0.3 is 20.3 Å². The number of nitrogens with one attached hydrogen (secondary N) is 2. The first-order valence-corrected chi connectivity index (χ1v) is 8.75. The van der Waals surface area contributed by atoms with Gasteiger partial charge in [-0.1, -0.05) is 18.2 Å². The van der Waals surface area contributed by atoms with Gasteiger partial charge in [0.05, 0.1) is 24.8 Å². The summed E-state index contributed by atoms with van der Waals surface area (Å²) in [7, 11) is 1.74. The van der Waals surface area contributed by atoms with Crippen molar-refractivity contribution < 1.29 is 9.53 Å². The van der Waals surface area contributed by atoms with E-state index in [0.29, 0.717) is 18.1 Å². The molecule has 0 aliphatic carbocycles. The fraction of sp³-hybridized carbons (Fsp3) is 0.556. The summed E-state index contributed by atoms with van der Waals surface area (Å²) in [5.41, 5.74) is 2.28. The summed E-state index contributed by atoms with van der Waals surface area (Å²) in [6, 6.07) is 8.41. The van der Waals surface area contributed by atoms with Crippen LogP contribution in [-0.4, -0.2) is 50.3 Å². The van der Waals surface area contributed by atoms with Gasteiger partial charge >= 0.3 is 0 Å². The molecular weight excluding hydrogens is 304 g/mol. The van der Waals surface area contributed by atoms with Gasteiger partial charge in [0.15, 0.2) is 5.96 Å². The lowest BCUT2D eigenvalue weighted by Gasteiger charge is -2.23. The molecule has 3 atom stereocenters. The van der Waals surface area contributed by atoms with E-state index in [2.05, 4.69) is 21.7 Å². The molecule has 2 N–H and O–H groups in total. The van der Waals surface area contributed by atoms with Gasteiger partial charge in [-0.15, -0.1) is 0 Å². The molecule has 1 aromatic rings. The average Bonchev–Trinajstić information content (AvgIpc) is 3.32. The van der Waals surface area contributed by atoms with E-state index in [1.54, 1.807) is 7.05 Å². The minimum atomic E-state index is 0.0760. The van der Waals surface area contributed by atoms with Crippen LogP contribution in [0.4, 0.5) is 5.69 Å². The molecule has 1 amide bonds. The first-order valence-electron chi connectivity index (χ1n) is 8.75. The Hall–Kier alpha value is -2.08. The number of hydrogen-bond acceptors (Lipinski definition) is 3. The lowest BCUT2D eigenvalue weighted by atomic mass is 9.96. The van der Waals surface area contributed by atoms with Crippen LogP contribution in [0.5, 0.6) is 0 Å². The molecule has 1 aromatic carbocycles. The minimum absolute atomic E-state index is 0.0760. The molecule has 3 heterocycles. The average molecular weight is 328 g/mol. The predicted molar refractivity (Wildman–Crippen MR) is 93.3 cm³/mol. The molecule has 3 unspecified atom stereocenters. The van der Waals surface area contributed by atoms with Gasteiger partial charge in [-0.25, -0.2) is 0 Å². The molecule has 2 saturated heterocycles. The SMILES string of the molecule is CN=C(NCC(=O)N1CCc2ccccc21)NC1CC2CCC1O2. The number of anilines is 1. The molecule has 6 heteroatoms. The Kier molecular flexibility index (Phi) is 4.14. The maximum atomic E-state index is 12.5. The Labute approximate surface area is 142 Å². The van der Waals surface area contributed by atoms with Crippen LogP contribution in [0.1, 0.15) is 24.8 Å². The maximum absolute atomic E-state index is 12.5. The summed E-state index contributed by atoms with van der Waals surface area (Å²) in [5.74, 6) is 0.754. The van der Waals surface area contributed by atoms with Crippen LogP contribution < -0.4 is 15.5 Å². The Bertz CT molecular complexity index is 660. The van der Waals surface area contributed by atoms with Crippen LogP contribution in [0.2, 0.25) is 0 Å². The monoisotopic (exact) mass is 328 g/mol. The first kappa shape index (κ1) is 15.4. The number of aliphatic imine (C=N–C) groups is 1. The smallest absolute Gasteiger partial charge is 0.246 e. The number of amides is 1. The van der Waals surface area contributed by atoms with Crippen molar-refractivity contribution in [2.24, 2.45) is 4.99 Å². The van der Waals surface area contributed by atoms with E-state index in [-0.39, 0.29) is 18.6 Å². The molecule has 2 fully saturated rings. The van der Waals surface area contributed by atoms with E-state index in [4.69, 9.17) is 4.74 Å². The van der Waals surface area contributed by atoms with Crippen molar-refractivity contribution in [2.45, 2.75) is 43.9 Å². The zero-order valence-corrected chi connectivity index (χ0v) is 14.0. The predicted octanol–water partition coefficient (Wildman–Crippen LogP) is 1.06. The summed E-state index contributed by atoms with van der Waals surface area (Å²) in [5, 5.41) is 6.56. The van der Waals surface area contributed by atoms with Crippen LogP contribution in [0.25, 0.3) is 0 Å². The number of rotatable bonds is 3. The fourth-order valence-corrected chi connectivity index (χ4v) is 4.01. The summed E-state index contributed by atoms with van der Waals surface area (Å²) >= 11 is 0. The number of benzene rings is 1. The number of hydrogen-bond donors (Lipinski definition) is 2. The molecular formula is C18H24N4O2. The van der Waals surface area contributed by atoms with Crippen LogP contribution in [-0.2, 0) is 16.0 Å². The Balaban J connectivity index is 1.32. The quantitative estimate of drug-likeness (QED) is 0.643. The minimum Gasteiger partial charge on any atom is -0.373 e. The van der Waals surface area contributed by atoms with Gasteiger partial charge in [0.1, 0.15) is 0 Å². The number of ether oxygens (including phenoxy) is 1. The van der Waals surface area contributed by atoms with Gasteiger partial charge in [0, 0.05) is 19.3 Å². The van der Waals surface area contributed by atoms with Gasteiger partial charge in [0.25, 0.3) is 0 Å². The van der Waals surface area contributed by atoms with Crippen LogP contribution in [0, 0.1) is 0 Å². The highest BCUT2D eigenvalue weighted by atomic mass is 16.5. The number of carbonyl (C=O) groups excluding carboxylic acids is 1. The second-order valence-electron chi connectivity index (χ2n) is 6.71. The molecule has 0 spiro atoms. The Morgan fingerprint density at radius 3 is 3.00 bits per heavy atom. The van der Waals surface area contributed by atoms with Crippen molar-refractivity contribution in [1.29, 1.82) is 0 Å². The summed E-state index contributed by atoms with van der Waals surface area (Å²) in [6.45, 7) is 1.00. The molecule has 3 aliphatic rings. The third-order valence-corrected chi connectivity index (χ3v) is 5.25. The van der Waals surface area contributed by atoms with Gasteiger partial charge in [-0.2, -0.15) is 0 Å². The largest absolute Gasteiger partial charge is 0.373 e. The maximum Gasteiger partial charge on any atom is 0.246 e. The van der Waals surface area contributed by atoms with Crippen molar-refractivity contribution in [3.63, 3.8) is 0 Å². The lowest BCUT2D eigenvalue weighted by molar-refractivity contribution is -0.117. The molecule has 128 valence electrons. The summed E-state index contributed by atoms with van der Waals surface area (Å²) in [6.07, 6.45) is 4.92. The van der Waals surface area contributed by atoms with Crippen molar-refractivity contribution in [3.05, 3.63) is 29.8 Å². The number of nitrogens with zero attached hydrogens (tertiary/aromatic N) is 2. The first-order chi connectivity index (χ1) is 11.7. The molecule has 24 heavy (non-hydrogen) atoms. The van der Waals surface area contributed by atoms with E-state index in [1.165, 1.54) is 12.0 Å². The zero-order chi connectivity index (χ0) is 16.5. The third kappa shape index (κ3) is 2.86. The summed E-state index contributed by atoms with van der Waals surface area (Å²) in [4.78, 5) is 18.7. The topological polar surface area (TPSA) is 66.0 Å². The van der Waals surface area contributed by atoms with Crippen molar-refractivity contribution in [2.75, 3.05) is 25.0 Å². The van der Waals surface area contributed by atoms with E-state index in [1.807, 2.05) is 23.1 Å². The molecule has 0 saturated carbocycles. The molecule has 2 bridgehead atoms. The van der Waals surface area contributed by atoms with Gasteiger partial charge in [-0.05, 0) is 37.3 Å². The molecule has 0 aromatic heterocycles. The summed E-state index contributed by atoms with van der Waals surface area (Å²) < 4.78 is 5.86. The van der Waals surface area contributed by atoms with E-state index in [9.17, 15) is 4.79 Å². The highest BCUT2D eigenvalue weighted by molar-refractivity contribution is 5.98. The second-order valence-corrected chi connectivity index (χ2v) is 6.71. The highest BCUT2D eigenvalue weighted by Crippen LogP contribution is 2.34. The Morgan fingerprint density at radius 2 is 2.25 bits per heavy atom. The van der Waals surface area contributed by atoms with Crippen LogP contribution in [0.15, 0.2) is 29.3 Å². The van der Waals surface area contributed by atoms with Crippen molar-refractivity contribution in [1.82, 2.24) is 10.6 Å². The van der Waals surface area contributed by atoms with E-state index < -0.39 is 0 Å². The molecule has 0 radical (unpaired) electrons. The standard InChI is InChI=1S/C18H24N4O2/c1-19-18(21-14-10-13-6-7-16(14)24-13)20-11-17(23)22-9-8-12-4-2-3-5-15(12)22/h2-5,13-14,16H,6-11H2,1H3,(H2,19,20,21). The van der Waals surface area contributed by atoms with Crippen molar-refractivity contribution >= 4 is 17.6 Å². The van der Waals surface area contributed by atoms with Gasteiger partial charge in [-0.3, -0.25) is 9.79 Å². The van der Waals surface area contributed by atoms with Crippen molar-refractivity contribution in [3.8, 4) is 0 Å². The van der Waals surface area contributed by atoms with Crippen LogP contribution in [0.3, 0.4) is 0 Å². The Morgan fingerprint density at radius 1 is 1.38 bits per heavy atom. The van der Waals surface area contributed by atoms with Gasteiger partial charge in [0.2, 0.25) is 5.91 Å². The second kappa shape index (κ2) is 6.43. The number of carbonyl (C=O) groups is 1. The lowest BCUT2D eigenvalue weighted by Crippen LogP contribution is -2.50. The molecule has 4 rings (SSSR count). The van der Waals surface area contributed by atoms with E-state index in [0.717, 1.165) is 31.5 Å².